The smallest absolute Gasteiger partial charge is 0.411 e. The molecule has 0 aliphatic heterocycles. The van der Waals surface area contributed by atoms with Crippen LogP contribution in [0.1, 0.15) is 0 Å². The SMILES string of the molecule is CNc1c(-c2ccccc2OC)nc2c3cc(NC(=O)OC)ccc3ccn12. The highest BCUT2D eigenvalue weighted by Gasteiger charge is 2.18. The second-order valence-corrected chi connectivity index (χ2v) is 6.19. The van der Waals surface area contributed by atoms with Crippen molar-refractivity contribution in [3.63, 3.8) is 0 Å². The van der Waals surface area contributed by atoms with Crippen molar-refractivity contribution in [3.05, 3.63) is 54.7 Å². The number of anilines is 2. The molecule has 2 N–H and O–H groups in total. The lowest BCUT2D eigenvalue weighted by Gasteiger charge is -2.08. The highest BCUT2D eigenvalue weighted by Crippen LogP contribution is 2.36. The van der Waals surface area contributed by atoms with E-state index in [2.05, 4.69) is 15.4 Å². The van der Waals surface area contributed by atoms with Crippen molar-refractivity contribution in [1.82, 2.24) is 9.38 Å². The maximum atomic E-state index is 11.6. The van der Waals surface area contributed by atoms with Crippen LogP contribution in [0.25, 0.3) is 27.7 Å². The highest BCUT2D eigenvalue weighted by molar-refractivity contribution is 6.00. The van der Waals surface area contributed by atoms with Crippen LogP contribution in [0.2, 0.25) is 0 Å². The Hall–Kier alpha value is -3.74. The van der Waals surface area contributed by atoms with Crippen LogP contribution >= 0.6 is 0 Å². The van der Waals surface area contributed by atoms with E-state index in [4.69, 9.17) is 9.72 Å². The molecule has 0 atom stereocenters. The van der Waals surface area contributed by atoms with Crippen LogP contribution in [0.3, 0.4) is 0 Å². The predicted octanol–water partition coefficient (Wildman–Crippen LogP) is 4.38. The van der Waals surface area contributed by atoms with Gasteiger partial charge in [0.1, 0.15) is 22.9 Å². The molecular formula is C21H20N4O3. The number of carbonyl (C=O) groups excluding carboxylic acids is 1. The van der Waals surface area contributed by atoms with Crippen molar-refractivity contribution in [3.8, 4) is 17.0 Å². The molecule has 0 radical (unpaired) electrons. The number of pyridine rings is 1. The molecule has 0 saturated heterocycles. The van der Waals surface area contributed by atoms with Gasteiger partial charge in [-0.05, 0) is 35.7 Å². The number of amides is 1. The Morgan fingerprint density at radius 3 is 2.68 bits per heavy atom. The van der Waals surface area contributed by atoms with E-state index < -0.39 is 6.09 Å². The Morgan fingerprint density at radius 2 is 1.93 bits per heavy atom. The van der Waals surface area contributed by atoms with Gasteiger partial charge in [-0.2, -0.15) is 0 Å². The van der Waals surface area contributed by atoms with Crippen LogP contribution in [-0.4, -0.2) is 36.7 Å². The predicted molar refractivity (Wildman–Crippen MR) is 110 cm³/mol. The molecule has 0 spiro atoms. The second kappa shape index (κ2) is 7.11. The minimum Gasteiger partial charge on any atom is -0.496 e. The number of ether oxygens (including phenoxy) is 2. The van der Waals surface area contributed by atoms with E-state index in [9.17, 15) is 4.79 Å². The summed E-state index contributed by atoms with van der Waals surface area (Å²) in [6.07, 6.45) is 1.46. The molecule has 0 bridgehead atoms. The number of aromatic nitrogens is 2. The summed E-state index contributed by atoms with van der Waals surface area (Å²) in [4.78, 5) is 16.5. The number of hydrogen-bond donors (Lipinski definition) is 2. The van der Waals surface area contributed by atoms with Crippen LogP contribution < -0.4 is 15.4 Å². The van der Waals surface area contributed by atoms with E-state index in [1.54, 1.807) is 7.11 Å². The molecule has 28 heavy (non-hydrogen) atoms. The summed E-state index contributed by atoms with van der Waals surface area (Å²) < 4.78 is 12.2. The molecule has 0 unspecified atom stereocenters. The summed E-state index contributed by atoms with van der Waals surface area (Å²) in [6, 6.07) is 15.5. The van der Waals surface area contributed by atoms with Crippen molar-refractivity contribution in [2.24, 2.45) is 0 Å². The second-order valence-electron chi connectivity index (χ2n) is 6.19. The van der Waals surface area contributed by atoms with Crippen molar-refractivity contribution < 1.29 is 14.3 Å². The molecule has 4 aromatic rings. The molecule has 2 heterocycles. The highest BCUT2D eigenvalue weighted by atomic mass is 16.5. The third-order valence-electron chi connectivity index (χ3n) is 4.64. The number of carbonyl (C=O) groups is 1. The quantitative estimate of drug-likeness (QED) is 0.553. The molecule has 7 heteroatoms. The summed E-state index contributed by atoms with van der Waals surface area (Å²) in [7, 11) is 4.84. The van der Waals surface area contributed by atoms with Gasteiger partial charge in [0.05, 0.1) is 14.2 Å². The van der Waals surface area contributed by atoms with Crippen LogP contribution in [0.15, 0.2) is 54.7 Å². The number of rotatable bonds is 4. The topological polar surface area (TPSA) is 76.9 Å². The van der Waals surface area contributed by atoms with E-state index in [-0.39, 0.29) is 0 Å². The fourth-order valence-corrected chi connectivity index (χ4v) is 3.33. The first-order valence-corrected chi connectivity index (χ1v) is 8.77. The monoisotopic (exact) mass is 376 g/mol. The molecule has 4 rings (SSSR count). The Labute approximate surface area is 161 Å². The maximum absolute atomic E-state index is 11.6. The van der Waals surface area contributed by atoms with Gasteiger partial charge in [-0.25, -0.2) is 9.78 Å². The van der Waals surface area contributed by atoms with Gasteiger partial charge in [0.2, 0.25) is 0 Å². The fraction of sp³-hybridized carbons (Fsp3) is 0.143. The van der Waals surface area contributed by atoms with Crippen LogP contribution in [0.5, 0.6) is 5.75 Å². The maximum Gasteiger partial charge on any atom is 0.411 e. The van der Waals surface area contributed by atoms with E-state index in [0.29, 0.717) is 5.69 Å². The number of nitrogens with zero attached hydrogens (tertiary/aromatic N) is 2. The average Bonchev–Trinajstić information content (AvgIpc) is 3.12. The van der Waals surface area contributed by atoms with Crippen molar-refractivity contribution in [1.29, 1.82) is 0 Å². The van der Waals surface area contributed by atoms with E-state index in [1.165, 1.54) is 7.11 Å². The van der Waals surface area contributed by atoms with Crippen LogP contribution in [0.4, 0.5) is 16.3 Å². The van der Waals surface area contributed by atoms with Gasteiger partial charge in [-0.3, -0.25) is 9.72 Å². The first kappa shape index (κ1) is 17.7. The lowest BCUT2D eigenvalue weighted by Crippen LogP contribution is -2.10. The molecule has 1 amide bonds. The fourth-order valence-electron chi connectivity index (χ4n) is 3.33. The third-order valence-corrected chi connectivity index (χ3v) is 4.64. The van der Waals surface area contributed by atoms with Crippen LogP contribution in [-0.2, 0) is 4.74 Å². The van der Waals surface area contributed by atoms with Crippen molar-refractivity contribution >= 4 is 34.0 Å². The number of hydrogen-bond acceptors (Lipinski definition) is 5. The van der Waals surface area contributed by atoms with E-state index >= 15 is 0 Å². The van der Waals surface area contributed by atoms with E-state index in [1.807, 2.05) is 66.2 Å². The van der Waals surface area contributed by atoms with Gasteiger partial charge >= 0.3 is 6.09 Å². The summed E-state index contributed by atoms with van der Waals surface area (Å²) in [5.74, 6) is 1.60. The molecule has 142 valence electrons. The van der Waals surface area contributed by atoms with Gasteiger partial charge in [0.15, 0.2) is 0 Å². The number of methoxy groups -OCH3 is 2. The van der Waals surface area contributed by atoms with Gasteiger partial charge in [-0.15, -0.1) is 0 Å². The average molecular weight is 376 g/mol. The molecule has 0 aliphatic carbocycles. The molecular weight excluding hydrogens is 356 g/mol. The zero-order valence-electron chi connectivity index (χ0n) is 15.8. The Balaban J connectivity index is 1.97. The Bertz CT molecular complexity index is 1180. The summed E-state index contributed by atoms with van der Waals surface area (Å²) in [5.41, 5.74) is 3.10. The Kier molecular flexibility index (Phi) is 4.49. The molecule has 0 fully saturated rings. The summed E-state index contributed by atoms with van der Waals surface area (Å²) >= 11 is 0. The molecule has 2 aromatic heterocycles. The van der Waals surface area contributed by atoms with Gasteiger partial charge in [0, 0.05) is 29.9 Å². The largest absolute Gasteiger partial charge is 0.496 e. The molecule has 2 aromatic carbocycles. The van der Waals surface area contributed by atoms with E-state index in [0.717, 1.165) is 39.2 Å². The lowest BCUT2D eigenvalue weighted by atomic mass is 10.1. The zero-order valence-corrected chi connectivity index (χ0v) is 15.8. The van der Waals surface area contributed by atoms with Gasteiger partial charge in [-0.1, -0.05) is 18.2 Å². The minimum atomic E-state index is -0.514. The summed E-state index contributed by atoms with van der Waals surface area (Å²) in [5, 5.41) is 7.87. The molecule has 0 saturated carbocycles. The Morgan fingerprint density at radius 1 is 1.11 bits per heavy atom. The first-order chi connectivity index (χ1) is 13.7. The van der Waals surface area contributed by atoms with Gasteiger partial charge < -0.3 is 14.8 Å². The third kappa shape index (κ3) is 2.87. The first-order valence-electron chi connectivity index (χ1n) is 8.77. The van der Waals surface area contributed by atoms with Crippen LogP contribution in [0, 0.1) is 0 Å². The molecule has 7 nitrogen and oxygen atoms in total. The summed E-state index contributed by atoms with van der Waals surface area (Å²) in [6.45, 7) is 0. The zero-order chi connectivity index (χ0) is 19.7. The van der Waals surface area contributed by atoms with Gasteiger partial charge in [0.25, 0.3) is 0 Å². The standard InChI is InChI=1S/C21H20N4O3/c1-22-20-18(15-6-4-5-7-17(15)27-2)24-19-16-12-14(23-21(26)28-3)9-8-13(16)10-11-25(19)20/h4-12,22H,1-3H3,(H,23,26). The van der Waals surface area contributed by atoms with Crippen molar-refractivity contribution in [2.75, 3.05) is 31.9 Å². The number of fused-ring (bicyclic) bond motifs is 3. The lowest BCUT2D eigenvalue weighted by molar-refractivity contribution is 0.187. The number of nitrogens with one attached hydrogen (secondary N) is 2. The van der Waals surface area contributed by atoms with Crippen molar-refractivity contribution in [2.45, 2.75) is 0 Å². The minimum absolute atomic E-state index is 0.514. The molecule has 0 aliphatic rings. The number of para-hydroxylation sites is 1. The number of imidazole rings is 1. The number of benzene rings is 2. The normalized spacial score (nSPS) is 10.8.